The van der Waals surface area contributed by atoms with E-state index in [0.717, 1.165) is 50.8 Å². The predicted molar refractivity (Wildman–Crippen MR) is 86.8 cm³/mol. The van der Waals surface area contributed by atoms with E-state index in [1.54, 1.807) is 0 Å². The largest absolute Gasteiger partial charge is 0.488 e. The Bertz CT molecular complexity index is 397. The Hall–Kier alpha value is -0.970. The molecule has 1 aliphatic heterocycles. The number of morpholine rings is 1. The molecule has 21 heavy (non-hydrogen) atoms. The average Bonchev–Trinajstić information content (AvgIpc) is 2.50. The molecule has 1 heterocycles. The first-order chi connectivity index (χ1) is 9.79. The van der Waals surface area contributed by atoms with Crippen molar-refractivity contribution in [3.8, 4) is 11.5 Å². The Balaban J connectivity index is 0.00000220. The third-order valence-electron chi connectivity index (χ3n) is 3.52. The first-order valence-corrected chi connectivity index (χ1v) is 7.48. The van der Waals surface area contributed by atoms with Gasteiger partial charge in [-0.15, -0.1) is 12.4 Å². The van der Waals surface area contributed by atoms with Crippen molar-refractivity contribution in [2.24, 2.45) is 0 Å². The van der Waals surface area contributed by atoms with Crippen molar-refractivity contribution in [2.75, 3.05) is 39.5 Å². The van der Waals surface area contributed by atoms with Crippen molar-refractivity contribution in [1.82, 2.24) is 4.90 Å². The molecule has 1 saturated heterocycles. The van der Waals surface area contributed by atoms with Gasteiger partial charge in [-0.05, 0) is 25.5 Å². The maximum Gasteiger partial charge on any atom is 0.161 e. The third-order valence-corrected chi connectivity index (χ3v) is 3.52. The smallest absolute Gasteiger partial charge is 0.161 e. The molecule has 0 amide bonds. The molecule has 0 radical (unpaired) electrons. The van der Waals surface area contributed by atoms with Crippen molar-refractivity contribution in [3.05, 3.63) is 24.3 Å². The zero-order chi connectivity index (χ0) is 14.2. The number of rotatable bonds is 7. The van der Waals surface area contributed by atoms with Gasteiger partial charge in [-0.3, -0.25) is 4.90 Å². The monoisotopic (exact) mass is 315 g/mol. The highest BCUT2D eigenvalue weighted by Gasteiger charge is 2.11. The van der Waals surface area contributed by atoms with Crippen LogP contribution in [0.15, 0.2) is 24.3 Å². The molecule has 1 fully saturated rings. The van der Waals surface area contributed by atoms with Gasteiger partial charge in [-0.25, -0.2) is 0 Å². The fraction of sp³-hybridized carbons (Fsp3) is 0.625. The standard InChI is InChI=1S/C16H25NO3.ClH/c1-3-14(2)20-16-7-5-4-6-15(16)19-13-10-17-8-11-18-12-9-17;/h4-7,14H,3,8-13H2,1-2H3;1H. The van der Waals surface area contributed by atoms with Crippen LogP contribution < -0.4 is 9.47 Å². The highest BCUT2D eigenvalue weighted by Crippen LogP contribution is 2.27. The fourth-order valence-electron chi connectivity index (χ4n) is 2.08. The molecule has 0 aliphatic carbocycles. The lowest BCUT2D eigenvalue weighted by molar-refractivity contribution is 0.0320. The lowest BCUT2D eigenvalue weighted by Crippen LogP contribution is -2.38. The lowest BCUT2D eigenvalue weighted by atomic mass is 10.3. The lowest BCUT2D eigenvalue weighted by Gasteiger charge is -2.26. The zero-order valence-corrected chi connectivity index (χ0v) is 13.7. The maximum absolute atomic E-state index is 5.88. The summed E-state index contributed by atoms with van der Waals surface area (Å²) in [6.07, 6.45) is 1.20. The van der Waals surface area contributed by atoms with E-state index in [9.17, 15) is 0 Å². The van der Waals surface area contributed by atoms with E-state index < -0.39 is 0 Å². The van der Waals surface area contributed by atoms with Crippen molar-refractivity contribution in [2.45, 2.75) is 26.4 Å². The van der Waals surface area contributed by atoms with Gasteiger partial charge in [-0.2, -0.15) is 0 Å². The molecule has 5 heteroatoms. The number of nitrogens with zero attached hydrogens (tertiary/aromatic N) is 1. The molecule has 0 saturated carbocycles. The van der Waals surface area contributed by atoms with E-state index in [-0.39, 0.29) is 18.5 Å². The molecule has 0 N–H and O–H groups in total. The van der Waals surface area contributed by atoms with Gasteiger partial charge in [0.1, 0.15) is 6.61 Å². The van der Waals surface area contributed by atoms with Gasteiger partial charge >= 0.3 is 0 Å². The molecule has 1 unspecified atom stereocenters. The first kappa shape index (κ1) is 18.1. The second-order valence-electron chi connectivity index (χ2n) is 5.09. The van der Waals surface area contributed by atoms with E-state index >= 15 is 0 Å². The van der Waals surface area contributed by atoms with Crippen molar-refractivity contribution in [1.29, 1.82) is 0 Å². The second kappa shape index (κ2) is 9.87. The summed E-state index contributed by atoms with van der Waals surface area (Å²) in [5, 5.41) is 0. The van der Waals surface area contributed by atoms with Crippen LogP contribution in [0, 0.1) is 0 Å². The van der Waals surface area contributed by atoms with Crippen LogP contribution in [-0.2, 0) is 4.74 Å². The Labute approximate surface area is 133 Å². The molecule has 4 nitrogen and oxygen atoms in total. The molecular weight excluding hydrogens is 290 g/mol. The van der Waals surface area contributed by atoms with E-state index in [0.29, 0.717) is 6.61 Å². The summed E-state index contributed by atoms with van der Waals surface area (Å²) in [5.41, 5.74) is 0. The van der Waals surface area contributed by atoms with Gasteiger partial charge < -0.3 is 14.2 Å². The Morgan fingerprint density at radius 2 is 1.86 bits per heavy atom. The molecule has 0 bridgehead atoms. The van der Waals surface area contributed by atoms with Gasteiger partial charge in [-0.1, -0.05) is 19.1 Å². The summed E-state index contributed by atoms with van der Waals surface area (Å²) < 4.78 is 17.1. The summed E-state index contributed by atoms with van der Waals surface area (Å²) in [6.45, 7) is 9.45. The Morgan fingerprint density at radius 1 is 1.19 bits per heavy atom. The van der Waals surface area contributed by atoms with Crippen LogP contribution in [0.1, 0.15) is 20.3 Å². The minimum Gasteiger partial charge on any atom is -0.488 e. The second-order valence-corrected chi connectivity index (χ2v) is 5.09. The van der Waals surface area contributed by atoms with E-state index in [2.05, 4.69) is 18.7 Å². The summed E-state index contributed by atoms with van der Waals surface area (Å²) in [4.78, 5) is 2.36. The third kappa shape index (κ3) is 6.12. The average molecular weight is 316 g/mol. The predicted octanol–water partition coefficient (Wildman–Crippen LogP) is 3.00. The number of benzene rings is 1. The summed E-state index contributed by atoms with van der Waals surface area (Å²) in [7, 11) is 0. The number of hydrogen-bond acceptors (Lipinski definition) is 4. The molecule has 1 aromatic carbocycles. The highest BCUT2D eigenvalue weighted by molar-refractivity contribution is 5.85. The summed E-state index contributed by atoms with van der Waals surface area (Å²) in [5.74, 6) is 1.67. The Morgan fingerprint density at radius 3 is 2.52 bits per heavy atom. The molecule has 0 aromatic heterocycles. The van der Waals surface area contributed by atoms with Gasteiger partial charge in [0, 0.05) is 19.6 Å². The van der Waals surface area contributed by atoms with Crippen molar-refractivity contribution >= 4 is 12.4 Å². The van der Waals surface area contributed by atoms with Crippen LogP contribution in [0.3, 0.4) is 0 Å². The number of halogens is 1. The quantitative estimate of drug-likeness (QED) is 0.774. The van der Waals surface area contributed by atoms with E-state index in [4.69, 9.17) is 14.2 Å². The van der Waals surface area contributed by atoms with Crippen LogP contribution in [0.4, 0.5) is 0 Å². The Kier molecular flexibility index (Phi) is 8.50. The van der Waals surface area contributed by atoms with E-state index in [1.165, 1.54) is 0 Å². The van der Waals surface area contributed by atoms with Crippen molar-refractivity contribution in [3.63, 3.8) is 0 Å². The highest BCUT2D eigenvalue weighted by atomic mass is 35.5. The number of ether oxygens (including phenoxy) is 3. The molecule has 0 spiro atoms. The molecule has 1 atom stereocenters. The SMILES string of the molecule is CCC(C)Oc1ccccc1OCCN1CCOCC1.Cl. The van der Waals surface area contributed by atoms with Crippen LogP contribution in [0.25, 0.3) is 0 Å². The maximum atomic E-state index is 5.88. The summed E-state index contributed by atoms with van der Waals surface area (Å²) >= 11 is 0. The van der Waals surface area contributed by atoms with E-state index in [1.807, 2.05) is 24.3 Å². The molecule has 120 valence electrons. The van der Waals surface area contributed by atoms with Gasteiger partial charge in [0.15, 0.2) is 11.5 Å². The van der Waals surface area contributed by atoms with Crippen molar-refractivity contribution < 1.29 is 14.2 Å². The minimum atomic E-state index is 0. The molecular formula is C16H26ClNO3. The van der Waals surface area contributed by atoms with Gasteiger partial charge in [0.2, 0.25) is 0 Å². The summed E-state index contributed by atoms with van der Waals surface area (Å²) in [6, 6.07) is 7.90. The topological polar surface area (TPSA) is 30.9 Å². The number of para-hydroxylation sites is 2. The molecule has 2 rings (SSSR count). The minimum absolute atomic E-state index is 0. The molecule has 1 aromatic rings. The van der Waals surface area contributed by atoms with Crippen LogP contribution >= 0.6 is 12.4 Å². The van der Waals surface area contributed by atoms with Crippen LogP contribution in [0.5, 0.6) is 11.5 Å². The van der Waals surface area contributed by atoms with Crippen LogP contribution in [0.2, 0.25) is 0 Å². The zero-order valence-electron chi connectivity index (χ0n) is 12.9. The van der Waals surface area contributed by atoms with Gasteiger partial charge in [0.25, 0.3) is 0 Å². The first-order valence-electron chi connectivity index (χ1n) is 7.48. The number of hydrogen-bond donors (Lipinski definition) is 0. The van der Waals surface area contributed by atoms with Gasteiger partial charge in [0.05, 0.1) is 19.3 Å². The van der Waals surface area contributed by atoms with Crippen LogP contribution in [-0.4, -0.2) is 50.5 Å². The fourth-order valence-corrected chi connectivity index (χ4v) is 2.08. The molecule has 1 aliphatic rings. The normalized spacial score (nSPS) is 16.9.